The van der Waals surface area contributed by atoms with E-state index >= 15 is 0 Å². The summed E-state index contributed by atoms with van der Waals surface area (Å²) in [5.74, 6) is 5.51. The number of hydrazine groups is 1. The fourth-order valence-electron chi connectivity index (χ4n) is 2.21. The number of carbonyl (C=O) groups excluding carboxylic acids is 1. The predicted molar refractivity (Wildman–Crippen MR) is 73.9 cm³/mol. The van der Waals surface area contributed by atoms with Crippen molar-refractivity contribution in [1.82, 2.24) is 19.8 Å². The van der Waals surface area contributed by atoms with Crippen LogP contribution >= 0.6 is 0 Å². The van der Waals surface area contributed by atoms with Gasteiger partial charge in [-0.3, -0.25) is 9.69 Å². The predicted octanol–water partition coefficient (Wildman–Crippen LogP) is -1.10. The number of amides is 1. The van der Waals surface area contributed by atoms with Crippen LogP contribution in [0.15, 0.2) is 12.4 Å². The van der Waals surface area contributed by atoms with E-state index in [0.29, 0.717) is 31.1 Å². The topological polar surface area (TPSA) is 108 Å². The third-order valence-electron chi connectivity index (χ3n) is 3.31. The molecule has 0 spiro atoms. The van der Waals surface area contributed by atoms with Gasteiger partial charge in [0.15, 0.2) is 5.82 Å². The molecule has 0 radical (unpaired) electrons. The van der Waals surface area contributed by atoms with Gasteiger partial charge in [-0.05, 0) is 13.0 Å². The summed E-state index contributed by atoms with van der Waals surface area (Å²) in [5.41, 5.74) is 2.69. The van der Waals surface area contributed by atoms with Crippen LogP contribution in [0.3, 0.4) is 0 Å². The van der Waals surface area contributed by atoms with Crippen LogP contribution in [0.4, 0.5) is 5.82 Å². The molecule has 8 nitrogen and oxygen atoms in total. The SMILES string of the molecule is NNc1cnc(C(=O)N2CCCN(CCO)CC2)cn1. The third-order valence-corrected chi connectivity index (χ3v) is 3.31. The van der Waals surface area contributed by atoms with E-state index in [9.17, 15) is 4.79 Å². The smallest absolute Gasteiger partial charge is 0.274 e. The maximum atomic E-state index is 12.3. The molecular formula is C12H20N6O2. The first-order valence-electron chi connectivity index (χ1n) is 6.65. The highest BCUT2D eigenvalue weighted by Crippen LogP contribution is 2.08. The molecule has 0 aromatic carbocycles. The summed E-state index contributed by atoms with van der Waals surface area (Å²) in [7, 11) is 0. The Bertz CT molecular complexity index is 438. The molecule has 1 saturated heterocycles. The number of nitrogens with one attached hydrogen (secondary N) is 1. The molecule has 4 N–H and O–H groups in total. The molecule has 1 amide bonds. The number of nitrogens with two attached hydrogens (primary N) is 1. The Kier molecular flexibility index (Phi) is 5.22. The number of nitrogens with zero attached hydrogens (tertiary/aromatic N) is 4. The molecule has 20 heavy (non-hydrogen) atoms. The first kappa shape index (κ1) is 14.6. The van der Waals surface area contributed by atoms with Gasteiger partial charge in [0, 0.05) is 26.2 Å². The van der Waals surface area contributed by atoms with Crippen LogP contribution in [0.2, 0.25) is 0 Å². The van der Waals surface area contributed by atoms with E-state index in [0.717, 1.165) is 19.5 Å². The number of rotatable bonds is 4. The summed E-state index contributed by atoms with van der Waals surface area (Å²) >= 11 is 0. The quantitative estimate of drug-likeness (QED) is 0.475. The van der Waals surface area contributed by atoms with E-state index in [4.69, 9.17) is 10.9 Å². The van der Waals surface area contributed by atoms with Crippen LogP contribution in [-0.2, 0) is 0 Å². The van der Waals surface area contributed by atoms with Gasteiger partial charge in [0.25, 0.3) is 5.91 Å². The van der Waals surface area contributed by atoms with Crippen molar-refractivity contribution in [3.8, 4) is 0 Å². The van der Waals surface area contributed by atoms with Crippen molar-refractivity contribution in [2.24, 2.45) is 5.84 Å². The van der Waals surface area contributed by atoms with Gasteiger partial charge < -0.3 is 15.4 Å². The van der Waals surface area contributed by atoms with Crippen molar-refractivity contribution in [3.63, 3.8) is 0 Å². The fourth-order valence-corrected chi connectivity index (χ4v) is 2.21. The third kappa shape index (κ3) is 3.62. The number of aliphatic hydroxyl groups excluding tert-OH is 1. The molecule has 1 aliphatic rings. The van der Waals surface area contributed by atoms with Crippen LogP contribution in [0.5, 0.6) is 0 Å². The van der Waals surface area contributed by atoms with Crippen LogP contribution in [-0.4, -0.2) is 70.1 Å². The van der Waals surface area contributed by atoms with E-state index in [2.05, 4.69) is 20.3 Å². The lowest BCUT2D eigenvalue weighted by Crippen LogP contribution is -2.36. The second-order valence-corrected chi connectivity index (χ2v) is 4.64. The Morgan fingerprint density at radius 1 is 1.30 bits per heavy atom. The van der Waals surface area contributed by atoms with E-state index in [1.54, 1.807) is 4.90 Å². The summed E-state index contributed by atoms with van der Waals surface area (Å²) in [6, 6.07) is 0. The molecule has 110 valence electrons. The first-order valence-corrected chi connectivity index (χ1v) is 6.65. The monoisotopic (exact) mass is 280 g/mol. The molecule has 0 atom stereocenters. The maximum Gasteiger partial charge on any atom is 0.274 e. The highest BCUT2D eigenvalue weighted by molar-refractivity contribution is 5.92. The van der Waals surface area contributed by atoms with Gasteiger partial charge in [0.1, 0.15) is 5.69 Å². The molecule has 0 bridgehead atoms. The molecule has 0 saturated carbocycles. The molecule has 1 aliphatic heterocycles. The first-order chi connectivity index (χ1) is 9.74. The minimum atomic E-state index is -0.119. The average molecular weight is 280 g/mol. The largest absolute Gasteiger partial charge is 0.395 e. The summed E-state index contributed by atoms with van der Waals surface area (Å²) in [5, 5.41) is 8.96. The Hall–Kier alpha value is -1.77. The second kappa shape index (κ2) is 7.13. The van der Waals surface area contributed by atoms with E-state index < -0.39 is 0 Å². The fraction of sp³-hybridized carbons (Fsp3) is 0.583. The number of anilines is 1. The van der Waals surface area contributed by atoms with Crippen molar-refractivity contribution in [3.05, 3.63) is 18.1 Å². The Morgan fingerprint density at radius 2 is 2.15 bits per heavy atom. The normalized spacial score (nSPS) is 16.8. The minimum Gasteiger partial charge on any atom is -0.395 e. The lowest BCUT2D eigenvalue weighted by Gasteiger charge is -2.21. The maximum absolute atomic E-state index is 12.3. The number of carbonyl (C=O) groups is 1. The second-order valence-electron chi connectivity index (χ2n) is 4.64. The van der Waals surface area contributed by atoms with Crippen molar-refractivity contribution in [1.29, 1.82) is 0 Å². The molecule has 1 aromatic rings. The molecule has 2 rings (SSSR count). The number of β-amino-alcohol motifs (C(OH)–C–C–N with tert-alkyl or cyclic N) is 1. The molecule has 1 fully saturated rings. The highest BCUT2D eigenvalue weighted by Gasteiger charge is 2.21. The zero-order valence-corrected chi connectivity index (χ0v) is 11.3. The Labute approximate surface area is 117 Å². The Morgan fingerprint density at radius 3 is 2.80 bits per heavy atom. The van der Waals surface area contributed by atoms with E-state index in [-0.39, 0.29) is 12.5 Å². The van der Waals surface area contributed by atoms with Crippen molar-refractivity contribution in [2.45, 2.75) is 6.42 Å². The van der Waals surface area contributed by atoms with Crippen molar-refractivity contribution in [2.75, 3.05) is 44.8 Å². The number of nitrogen functional groups attached to an aromatic ring is 1. The van der Waals surface area contributed by atoms with Gasteiger partial charge in [-0.15, -0.1) is 0 Å². The number of hydrogen-bond donors (Lipinski definition) is 3. The van der Waals surface area contributed by atoms with Gasteiger partial charge >= 0.3 is 0 Å². The number of aromatic nitrogens is 2. The molecule has 0 aliphatic carbocycles. The average Bonchev–Trinajstić information content (AvgIpc) is 2.73. The van der Waals surface area contributed by atoms with Gasteiger partial charge in [0.05, 0.1) is 19.0 Å². The van der Waals surface area contributed by atoms with Crippen LogP contribution < -0.4 is 11.3 Å². The van der Waals surface area contributed by atoms with Gasteiger partial charge in [-0.2, -0.15) is 0 Å². The number of hydrogen-bond acceptors (Lipinski definition) is 7. The lowest BCUT2D eigenvalue weighted by atomic mass is 10.3. The van der Waals surface area contributed by atoms with Crippen LogP contribution in [0.25, 0.3) is 0 Å². The Balaban J connectivity index is 1.97. The standard InChI is InChI=1S/C12H20N6O2/c13-16-11-9-14-10(8-15-11)12(20)18-3-1-2-17(4-5-18)6-7-19/h8-9,19H,1-7,13H2,(H,15,16). The van der Waals surface area contributed by atoms with Crippen LogP contribution in [0.1, 0.15) is 16.9 Å². The van der Waals surface area contributed by atoms with Gasteiger partial charge in [-0.1, -0.05) is 0 Å². The van der Waals surface area contributed by atoms with Crippen LogP contribution in [0, 0.1) is 0 Å². The van der Waals surface area contributed by atoms with Gasteiger partial charge in [-0.25, -0.2) is 15.8 Å². The molecule has 8 heteroatoms. The highest BCUT2D eigenvalue weighted by atomic mass is 16.3. The van der Waals surface area contributed by atoms with Crippen molar-refractivity contribution >= 4 is 11.7 Å². The minimum absolute atomic E-state index is 0.119. The summed E-state index contributed by atoms with van der Waals surface area (Å²) in [6.45, 7) is 3.79. The molecule has 1 aromatic heterocycles. The molecular weight excluding hydrogens is 260 g/mol. The summed E-state index contributed by atoms with van der Waals surface area (Å²) < 4.78 is 0. The zero-order valence-electron chi connectivity index (χ0n) is 11.3. The molecule has 0 unspecified atom stereocenters. The van der Waals surface area contributed by atoms with Crippen molar-refractivity contribution < 1.29 is 9.90 Å². The summed E-state index contributed by atoms with van der Waals surface area (Å²) in [6.07, 6.45) is 3.75. The van der Waals surface area contributed by atoms with E-state index in [1.165, 1.54) is 12.4 Å². The van der Waals surface area contributed by atoms with Gasteiger partial charge in [0.2, 0.25) is 0 Å². The summed E-state index contributed by atoms with van der Waals surface area (Å²) in [4.78, 5) is 24.3. The number of aliphatic hydroxyl groups is 1. The van der Waals surface area contributed by atoms with E-state index in [1.807, 2.05) is 0 Å². The molecule has 2 heterocycles. The zero-order chi connectivity index (χ0) is 14.4. The lowest BCUT2D eigenvalue weighted by molar-refractivity contribution is 0.0754.